The number of aliphatic carboxylic acids is 1. The van der Waals surface area contributed by atoms with Gasteiger partial charge in [0.15, 0.2) is 5.96 Å². The molecule has 0 spiro atoms. The molecule has 0 aromatic heterocycles. The van der Waals surface area contributed by atoms with Crippen molar-refractivity contribution in [3.05, 3.63) is 0 Å². The fourth-order valence-corrected chi connectivity index (χ4v) is 3.19. The van der Waals surface area contributed by atoms with Crippen LogP contribution in [0.2, 0.25) is 0 Å². The molecule has 0 aliphatic rings. The zero-order valence-corrected chi connectivity index (χ0v) is 20.7. The molecule has 3 amide bonds. The molecule has 0 bridgehead atoms. The van der Waals surface area contributed by atoms with Crippen molar-refractivity contribution in [1.29, 1.82) is 0 Å². The van der Waals surface area contributed by atoms with E-state index in [0.717, 1.165) is 0 Å². The van der Waals surface area contributed by atoms with E-state index in [4.69, 9.17) is 33.8 Å². The third-order valence-electron chi connectivity index (χ3n) is 5.25. The topological polar surface area (TPSA) is 287 Å². The molecular formula is C21H43N9O6. The number of hydrogen-bond acceptors (Lipinski definition) is 9. The lowest BCUT2D eigenvalue weighted by molar-refractivity contribution is -0.142. The first kappa shape index (κ1) is 33.0. The van der Waals surface area contributed by atoms with Crippen LogP contribution in [0, 0.1) is 0 Å². The summed E-state index contributed by atoms with van der Waals surface area (Å²) in [6.07, 6.45) is 2.98. The Morgan fingerprint density at radius 3 is 1.61 bits per heavy atom. The molecule has 0 radical (unpaired) electrons. The Balaban J connectivity index is 5.55. The van der Waals surface area contributed by atoms with Crippen LogP contribution in [0.15, 0.2) is 4.99 Å². The number of guanidine groups is 1. The average Bonchev–Trinajstić information content (AvgIpc) is 2.83. The second-order valence-corrected chi connectivity index (χ2v) is 8.33. The molecule has 0 unspecified atom stereocenters. The highest BCUT2D eigenvalue weighted by atomic mass is 16.4. The maximum Gasteiger partial charge on any atom is 0.326 e. The number of nitrogens with one attached hydrogen (secondary N) is 3. The molecule has 0 saturated heterocycles. The van der Waals surface area contributed by atoms with Crippen molar-refractivity contribution in [3.8, 4) is 0 Å². The van der Waals surface area contributed by atoms with Gasteiger partial charge in [-0.15, -0.1) is 0 Å². The van der Waals surface area contributed by atoms with Gasteiger partial charge in [-0.1, -0.05) is 0 Å². The van der Waals surface area contributed by atoms with E-state index in [-0.39, 0.29) is 31.8 Å². The van der Waals surface area contributed by atoms with Gasteiger partial charge in [-0.25, -0.2) is 4.79 Å². The molecule has 0 saturated carbocycles. The number of unbranched alkanes of at least 4 members (excludes halogenated alkanes) is 2. The quantitative estimate of drug-likeness (QED) is 0.0423. The largest absolute Gasteiger partial charge is 0.480 e. The molecule has 4 atom stereocenters. The van der Waals surface area contributed by atoms with Gasteiger partial charge in [-0.05, 0) is 64.5 Å². The van der Waals surface area contributed by atoms with Crippen LogP contribution >= 0.6 is 0 Å². The molecule has 0 aliphatic heterocycles. The highest BCUT2D eigenvalue weighted by Crippen LogP contribution is 2.07. The van der Waals surface area contributed by atoms with Crippen molar-refractivity contribution in [1.82, 2.24) is 16.0 Å². The van der Waals surface area contributed by atoms with E-state index in [1.54, 1.807) is 0 Å². The molecule has 208 valence electrons. The molecular weight excluding hydrogens is 474 g/mol. The summed E-state index contributed by atoms with van der Waals surface area (Å²) in [6, 6.07) is -4.56. The molecule has 0 aliphatic carbocycles. The molecule has 0 aromatic carbocycles. The van der Waals surface area contributed by atoms with E-state index >= 15 is 0 Å². The molecule has 0 heterocycles. The van der Waals surface area contributed by atoms with Gasteiger partial charge in [0, 0.05) is 6.54 Å². The standard InChI is InChI=1S/C21H43N9O6/c22-9-3-1-6-14(28-17(32)13(24)12-31)18(33)29-15(8-5-11-27-21(25)26)19(34)30-16(20(35)36)7-2-4-10-23/h13-16,31H,1-12,22-24H2,(H,28,32)(H,29,33)(H,30,34)(H,35,36)(H4,25,26,27)/t13-,14-,15-,16-/m0/s1. The number of nitrogens with two attached hydrogens (primary N) is 5. The first-order valence-corrected chi connectivity index (χ1v) is 12.0. The summed E-state index contributed by atoms with van der Waals surface area (Å²) >= 11 is 0. The van der Waals surface area contributed by atoms with E-state index in [2.05, 4.69) is 20.9 Å². The van der Waals surface area contributed by atoms with Crippen molar-refractivity contribution in [2.75, 3.05) is 26.2 Å². The monoisotopic (exact) mass is 517 g/mol. The number of aliphatic hydroxyl groups is 1. The summed E-state index contributed by atoms with van der Waals surface area (Å²) in [6.45, 7) is 0.346. The molecule has 15 nitrogen and oxygen atoms in total. The fourth-order valence-electron chi connectivity index (χ4n) is 3.19. The van der Waals surface area contributed by atoms with E-state index in [1.807, 2.05) is 0 Å². The summed E-state index contributed by atoms with van der Waals surface area (Å²) in [7, 11) is 0. The Hall–Kier alpha value is -3.01. The van der Waals surface area contributed by atoms with Gasteiger partial charge < -0.3 is 54.8 Å². The van der Waals surface area contributed by atoms with E-state index in [1.165, 1.54) is 0 Å². The first-order chi connectivity index (χ1) is 17.1. The number of carboxylic acids is 1. The SMILES string of the molecule is NCCCC[C@H](NC(=O)[C@H](CCCN=C(N)N)NC(=O)[C@H](CCCCN)NC(=O)[C@@H](N)CO)C(=O)O. The lowest BCUT2D eigenvalue weighted by atomic mass is 10.0. The number of carbonyl (C=O) groups is 4. The Labute approximate surface area is 211 Å². The van der Waals surface area contributed by atoms with Crippen molar-refractivity contribution in [2.24, 2.45) is 33.7 Å². The van der Waals surface area contributed by atoms with E-state index < -0.39 is 54.5 Å². The number of hydrogen-bond donors (Lipinski definition) is 10. The smallest absolute Gasteiger partial charge is 0.326 e. The number of carbonyl (C=O) groups excluding carboxylic acids is 3. The van der Waals surface area contributed by atoms with Gasteiger partial charge in [0.2, 0.25) is 17.7 Å². The Bertz CT molecular complexity index is 718. The number of aliphatic imine (C=N–C) groups is 1. The van der Waals surface area contributed by atoms with Gasteiger partial charge >= 0.3 is 5.97 Å². The van der Waals surface area contributed by atoms with Gasteiger partial charge in [-0.2, -0.15) is 0 Å². The van der Waals surface area contributed by atoms with Crippen LogP contribution in [0.1, 0.15) is 51.4 Å². The van der Waals surface area contributed by atoms with Crippen molar-refractivity contribution in [3.63, 3.8) is 0 Å². The van der Waals surface area contributed by atoms with Gasteiger partial charge in [0.1, 0.15) is 24.2 Å². The van der Waals surface area contributed by atoms with Crippen LogP contribution in [0.25, 0.3) is 0 Å². The van der Waals surface area contributed by atoms with Crippen LogP contribution in [-0.2, 0) is 19.2 Å². The predicted octanol–water partition coefficient (Wildman–Crippen LogP) is -3.84. The lowest BCUT2D eigenvalue weighted by Gasteiger charge is -2.25. The van der Waals surface area contributed by atoms with Crippen molar-refractivity contribution in [2.45, 2.75) is 75.5 Å². The normalized spacial score (nSPS) is 14.1. The summed E-state index contributed by atoms with van der Waals surface area (Å²) in [5, 5.41) is 26.1. The summed E-state index contributed by atoms with van der Waals surface area (Å²) < 4.78 is 0. The van der Waals surface area contributed by atoms with Crippen LogP contribution in [0.5, 0.6) is 0 Å². The van der Waals surface area contributed by atoms with Crippen molar-refractivity contribution < 1.29 is 29.4 Å². The zero-order chi connectivity index (χ0) is 27.5. The maximum atomic E-state index is 13.0. The fraction of sp³-hybridized carbons (Fsp3) is 0.762. The van der Waals surface area contributed by atoms with Crippen LogP contribution in [0.3, 0.4) is 0 Å². The Morgan fingerprint density at radius 2 is 1.17 bits per heavy atom. The highest BCUT2D eigenvalue weighted by Gasteiger charge is 2.29. The molecule has 0 fully saturated rings. The first-order valence-electron chi connectivity index (χ1n) is 12.0. The van der Waals surface area contributed by atoms with Gasteiger partial charge in [0.25, 0.3) is 0 Å². The van der Waals surface area contributed by atoms with E-state index in [0.29, 0.717) is 45.2 Å². The van der Waals surface area contributed by atoms with Gasteiger partial charge in [-0.3, -0.25) is 19.4 Å². The van der Waals surface area contributed by atoms with E-state index in [9.17, 15) is 24.3 Å². The third-order valence-corrected chi connectivity index (χ3v) is 5.25. The predicted molar refractivity (Wildman–Crippen MR) is 134 cm³/mol. The van der Waals surface area contributed by atoms with Crippen molar-refractivity contribution >= 4 is 29.7 Å². The minimum atomic E-state index is -1.22. The summed E-state index contributed by atoms with van der Waals surface area (Å²) in [4.78, 5) is 53.6. The number of nitrogens with zero attached hydrogens (tertiary/aromatic N) is 1. The number of aliphatic hydroxyl groups excluding tert-OH is 1. The maximum absolute atomic E-state index is 13.0. The van der Waals surface area contributed by atoms with Crippen LogP contribution in [0.4, 0.5) is 0 Å². The molecule has 15 N–H and O–H groups in total. The molecule has 0 rings (SSSR count). The molecule has 36 heavy (non-hydrogen) atoms. The Morgan fingerprint density at radius 1 is 0.722 bits per heavy atom. The minimum Gasteiger partial charge on any atom is -0.480 e. The van der Waals surface area contributed by atoms with Crippen LogP contribution in [-0.4, -0.2) is 90.3 Å². The molecule has 15 heteroatoms. The second-order valence-electron chi connectivity index (χ2n) is 8.33. The minimum absolute atomic E-state index is 0.100. The third kappa shape index (κ3) is 14.4. The lowest BCUT2D eigenvalue weighted by Crippen LogP contribution is -2.57. The summed E-state index contributed by atoms with van der Waals surface area (Å²) in [5.41, 5.74) is 27.1. The highest BCUT2D eigenvalue weighted by molar-refractivity contribution is 5.94. The zero-order valence-electron chi connectivity index (χ0n) is 20.7. The number of rotatable bonds is 20. The number of carboxylic acid groups (broad SMARTS) is 1. The molecule has 0 aromatic rings. The average molecular weight is 518 g/mol. The van der Waals surface area contributed by atoms with Crippen LogP contribution < -0.4 is 44.6 Å². The number of amides is 3. The van der Waals surface area contributed by atoms with Gasteiger partial charge in [0.05, 0.1) is 6.61 Å². The summed E-state index contributed by atoms with van der Waals surface area (Å²) in [5.74, 6) is -3.44. The second kappa shape index (κ2) is 19.2. The Kier molecular flexibility index (Phi) is 17.6.